The lowest BCUT2D eigenvalue weighted by Gasteiger charge is -2.14. The molecule has 0 radical (unpaired) electrons. The van der Waals surface area contributed by atoms with Crippen LogP contribution in [0.1, 0.15) is 25.3 Å². The SMILES string of the molecule is COc1ccc(CCC[C@H](C)OS(=O)(=O)C(F)(F)F)cc1. The number of hydrogen-bond donors (Lipinski definition) is 0. The van der Waals surface area contributed by atoms with E-state index < -0.39 is 21.7 Å². The minimum Gasteiger partial charge on any atom is -0.497 e. The van der Waals surface area contributed by atoms with E-state index in [1.807, 2.05) is 12.1 Å². The first kappa shape index (κ1) is 17.8. The highest BCUT2D eigenvalue weighted by Crippen LogP contribution is 2.26. The van der Waals surface area contributed by atoms with E-state index in [0.717, 1.165) is 5.56 Å². The third-order valence-corrected chi connectivity index (χ3v) is 3.96. The minimum atomic E-state index is -5.52. The van der Waals surface area contributed by atoms with Crippen molar-refractivity contribution in [3.63, 3.8) is 0 Å². The van der Waals surface area contributed by atoms with Crippen LogP contribution in [0.5, 0.6) is 5.75 Å². The number of hydrogen-bond acceptors (Lipinski definition) is 4. The smallest absolute Gasteiger partial charge is 0.497 e. The number of aryl methyl sites for hydroxylation is 1. The van der Waals surface area contributed by atoms with E-state index in [1.54, 1.807) is 19.2 Å². The molecule has 0 spiro atoms. The van der Waals surface area contributed by atoms with Crippen LogP contribution in [0.15, 0.2) is 24.3 Å². The topological polar surface area (TPSA) is 52.6 Å². The molecule has 0 aliphatic rings. The second-order valence-electron chi connectivity index (χ2n) is 4.55. The van der Waals surface area contributed by atoms with E-state index in [1.165, 1.54) is 6.92 Å². The van der Waals surface area contributed by atoms with Crippen LogP contribution in [0, 0.1) is 0 Å². The molecule has 0 unspecified atom stereocenters. The molecule has 0 fully saturated rings. The first-order valence-electron chi connectivity index (χ1n) is 6.28. The summed E-state index contributed by atoms with van der Waals surface area (Å²) in [7, 11) is -3.97. The summed E-state index contributed by atoms with van der Waals surface area (Å²) in [6.07, 6.45) is 0.321. The van der Waals surface area contributed by atoms with E-state index in [9.17, 15) is 21.6 Å². The molecule has 1 rings (SSSR count). The maximum Gasteiger partial charge on any atom is 0.523 e. The van der Waals surface area contributed by atoms with Crippen LogP contribution in [0.4, 0.5) is 13.2 Å². The second-order valence-corrected chi connectivity index (χ2v) is 6.11. The summed E-state index contributed by atoms with van der Waals surface area (Å²) >= 11 is 0. The van der Waals surface area contributed by atoms with Crippen LogP contribution in [0.25, 0.3) is 0 Å². The normalized spacial score (nSPS) is 14.0. The Morgan fingerprint density at radius 1 is 1.19 bits per heavy atom. The molecule has 0 saturated carbocycles. The van der Waals surface area contributed by atoms with Crippen molar-refractivity contribution < 1.29 is 30.5 Å². The molecule has 1 aromatic carbocycles. The van der Waals surface area contributed by atoms with E-state index in [-0.39, 0.29) is 6.42 Å². The lowest BCUT2D eigenvalue weighted by Crippen LogP contribution is -2.29. The first-order valence-corrected chi connectivity index (χ1v) is 7.69. The van der Waals surface area contributed by atoms with Crippen molar-refractivity contribution in [1.29, 1.82) is 0 Å². The fourth-order valence-electron chi connectivity index (χ4n) is 1.70. The molecule has 4 nitrogen and oxygen atoms in total. The van der Waals surface area contributed by atoms with Crippen molar-refractivity contribution in [2.24, 2.45) is 0 Å². The predicted molar refractivity (Wildman–Crippen MR) is 71.5 cm³/mol. The molecule has 21 heavy (non-hydrogen) atoms. The Morgan fingerprint density at radius 2 is 1.76 bits per heavy atom. The summed E-state index contributed by atoms with van der Waals surface area (Å²) < 4.78 is 67.1. The van der Waals surface area contributed by atoms with Gasteiger partial charge in [0.2, 0.25) is 0 Å². The summed E-state index contributed by atoms with van der Waals surface area (Å²) in [6, 6.07) is 7.25. The molecule has 1 aromatic rings. The van der Waals surface area contributed by atoms with Gasteiger partial charge in [0.05, 0.1) is 13.2 Å². The summed E-state index contributed by atoms with van der Waals surface area (Å²) in [5.41, 5.74) is -4.39. The van der Waals surface area contributed by atoms with Gasteiger partial charge in [0.25, 0.3) is 0 Å². The number of rotatable bonds is 7. The van der Waals surface area contributed by atoms with Crippen molar-refractivity contribution >= 4 is 10.1 Å². The van der Waals surface area contributed by atoms with Crippen LogP contribution in [-0.4, -0.2) is 27.1 Å². The van der Waals surface area contributed by atoms with Crippen LogP contribution in [-0.2, 0) is 20.7 Å². The van der Waals surface area contributed by atoms with Crippen LogP contribution in [0.2, 0.25) is 0 Å². The fraction of sp³-hybridized carbons (Fsp3) is 0.538. The average molecular weight is 326 g/mol. The van der Waals surface area contributed by atoms with Gasteiger partial charge in [-0.15, -0.1) is 0 Å². The molecule has 0 aliphatic heterocycles. The quantitative estimate of drug-likeness (QED) is 0.570. The summed E-state index contributed by atoms with van der Waals surface area (Å²) in [5.74, 6) is 0.715. The van der Waals surface area contributed by atoms with Crippen LogP contribution >= 0.6 is 0 Å². The Labute approximate surface area is 122 Å². The molecule has 0 heterocycles. The zero-order valence-corrected chi connectivity index (χ0v) is 12.5. The highest BCUT2D eigenvalue weighted by molar-refractivity contribution is 7.87. The second kappa shape index (κ2) is 7.13. The molecule has 0 saturated heterocycles. The van der Waals surface area contributed by atoms with Gasteiger partial charge in [0.15, 0.2) is 0 Å². The number of halogens is 3. The Kier molecular flexibility index (Phi) is 6.03. The molecule has 0 aromatic heterocycles. The molecule has 1 atom stereocenters. The molecule has 8 heteroatoms. The van der Waals surface area contributed by atoms with Gasteiger partial charge in [-0.1, -0.05) is 12.1 Å². The van der Waals surface area contributed by atoms with Crippen molar-refractivity contribution in [3.05, 3.63) is 29.8 Å². The molecular formula is C13H17F3O4S. The summed E-state index contributed by atoms with van der Waals surface area (Å²) in [4.78, 5) is 0. The molecule has 0 N–H and O–H groups in total. The van der Waals surface area contributed by atoms with Gasteiger partial charge in [0, 0.05) is 0 Å². The van der Waals surface area contributed by atoms with Crippen molar-refractivity contribution in [2.45, 2.75) is 37.8 Å². The van der Waals surface area contributed by atoms with Gasteiger partial charge in [-0.3, -0.25) is 4.18 Å². The van der Waals surface area contributed by atoms with Gasteiger partial charge in [-0.05, 0) is 43.9 Å². The maximum absolute atomic E-state index is 12.1. The fourth-order valence-corrected chi connectivity index (χ4v) is 2.34. The number of alkyl halides is 3. The number of methoxy groups -OCH3 is 1. The third-order valence-electron chi connectivity index (χ3n) is 2.81. The van der Waals surface area contributed by atoms with Crippen molar-refractivity contribution in [2.75, 3.05) is 7.11 Å². The highest BCUT2D eigenvalue weighted by Gasteiger charge is 2.48. The molecule has 120 valence electrons. The average Bonchev–Trinajstić information content (AvgIpc) is 2.37. The molecule has 0 bridgehead atoms. The molecule has 0 amide bonds. The summed E-state index contributed by atoms with van der Waals surface area (Å²) in [5, 5.41) is 0. The Morgan fingerprint density at radius 3 is 2.24 bits per heavy atom. The Balaban J connectivity index is 2.41. The third kappa shape index (κ3) is 5.55. The van der Waals surface area contributed by atoms with Crippen LogP contribution in [0.3, 0.4) is 0 Å². The lowest BCUT2D eigenvalue weighted by atomic mass is 10.1. The molecule has 0 aliphatic carbocycles. The van der Waals surface area contributed by atoms with Crippen molar-refractivity contribution in [1.82, 2.24) is 0 Å². The minimum absolute atomic E-state index is 0.210. The Hall–Kier alpha value is -1.28. The van der Waals surface area contributed by atoms with E-state index >= 15 is 0 Å². The van der Waals surface area contributed by atoms with Gasteiger partial charge in [0.1, 0.15) is 5.75 Å². The molecular weight excluding hydrogens is 309 g/mol. The number of ether oxygens (including phenoxy) is 1. The van der Waals surface area contributed by atoms with Gasteiger partial charge >= 0.3 is 15.6 Å². The van der Waals surface area contributed by atoms with Gasteiger partial charge in [-0.2, -0.15) is 21.6 Å². The Bertz CT molecular complexity index is 538. The first-order chi connectivity index (χ1) is 9.65. The number of benzene rings is 1. The van der Waals surface area contributed by atoms with E-state index in [0.29, 0.717) is 18.6 Å². The summed E-state index contributed by atoms with van der Waals surface area (Å²) in [6.45, 7) is 1.30. The standard InChI is InChI=1S/C13H17F3O4S/c1-10(20-21(17,18)13(14,15)16)4-3-5-11-6-8-12(19-2)9-7-11/h6-10H,3-5H2,1-2H3/t10-/m0/s1. The van der Waals surface area contributed by atoms with E-state index in [2.05, 4.69) is 4.18 Å². The highest BCUT2D eigenvalue weighted by atomic mass is 32.2. The monoisotopic (exact) mass is 326 g/mol. The maximum atomic E-state index is 12.1. The van der Waals surface area contributed by atoms with Gasteiger partial charge < -0.3 is 4.74 Å². The van der Waals surface area contributed by atoms with Gasteiger partial charge in [-0.25, -0.2) is 0 Å². The lowest BCUT2D eigenvalue weighted by molar-refractivity contribution is -0.0570. The van der Waals surface area contributed by atoms with Crippen LogP contribution < -0.4 is 4.74 Å². The van der Waals surface area contributed by atoms with Crippen molar-refractivity contribution in [3.8, 4) is 5.75 Å². The largest absolute Gasteiger partial charge is 0.523 e. The van der Waals surface area contributed by atoms with E-state index in [4.69, 9.17) is 4.74 Å². The zero-order valence-electron chi connectivity index (χ0n) is 11.7. The predicted octanol–water partition coefficient (Wildman–Crippen LogP) is 3.27. The zero-order chi connectivity index (χ0) is 16.1.